The molecule has 2 aliphatic rings. The highest BCUT2D eigenvalue weighted by Gasteiger charge is 2.59. The highest BCUT2D eigenvalue weighted by Crippen LogP contribution is 2.52. The van der Waals surface area contributed by atoms with Crippen LogP contribution in [0.5, 0.6) is 0 Å². The number of aliphatic hydroxyl groups is 1. The van der Waals surface area contributed by atoms with E-state index in [0.29, 0.717) is 12.3 Å². The Kier molecular flexibility index (Phi) is 4.83. The van der Waals surface area contributed by atoms with Crippen molar-refractivity contribution < 1.29 is 14.6 Å². The van der Waals surface area contributed by atoms with Gasteiger partial charge in [0.2, 0.25) is 0 Å². The second-order valence-electron chi connectivity index (χ2n) is 7.72. The lowest BCUT2D eigenvalue weighted by atomic mass is 9.57. The number of nitrogens with one attached hydrogen (secondary N) is 2. The molecule has 1 saturated carbocycles. The molecule has 5 atom stereocenters. The first kappa shape index (κ1) is 17.2. The number of carbonyl (C=O) groups excluding carboxylic acids is 1. The molecule has 2 amide bonds. The van der Waals surface area contributed by atoms with Crippen LogP contribution in [-0.4, -0.2) is 35.9 Å². The summed E-state index contributed by atoms with van der Waals surface area (Å²) >= 11 is 0. The van der Waals surface area contributed by atoms with Crippen LogP contribution in [-0.2, 0) is 4.74 Å². The average Bonchev–Trinajstić information content (AvgIpc) is 3.00. The number of hydrogen-bond acceptors (Lipinski definition) is 3. The largest absolute Gasteiger partial charge is 0.388 e. The Hall–Kier alpha value is -1.59. The van der Waals surface area contributed by atoms with E-state index in [1.807, 2.05) is 37.3 Å². The van der Waals surface area contributed by atoms with Gasteiger partial charge in [0.25, 0.3) is 0 Å². The molecule has 0 bridgehead atoms. The summed E-state index contributed by atoms with van der Waals surface area (Å²) in [6.45, 7) is 7.00. The zero-order chi connectivity index (χ0) is 17.3. The molecule has 1 aromatic rings. The van der Waals surface area contributed by atoms with Crippen LogP contribution in [0, 0.1) is 11.3 Å². The van der Waals surface area contributed by atoms with Crippen molar-refractivity contribution in [1.82, 2.24) is 10.6 Å². The molecule has 5 nitrogen and oxygen atoms in total. The Morgan fingerprint density at radius 2 is 2.08 bits per heavy atom. The smallest absolute Gasteiger partial charge is 0.315 e. The van der Waals surface area contributed by atoms with Crippen molar-refractivity contribution in [3.05, 3.63) is 35.9 Å². The van der Waals surface area contributed by atoms with Crippen molar-refractivity contribution >= 4 is 6.03 Å². The number of rotatable bonds is 5. The fraction of sp³-hybridized carbons (Fsp3) is 0.632. The van der Waals surface area contributed by atoms with Gasteiger partial charge in [-0.3, -0.25) is 0 Å². The number of hydrogen-bond donors (Lipinski definition) is 3. The Balaban J connectivity index is 1.48. The molecule has 1 aromatic carbocycles. The third-order valence-corrected chi connectivity index (χ3v) is 5.53. The summed E-state index contributed by atoms with van der Waals surface area (Å²) in [4.78, 5) is 12.3. The zero-order valence-corrected chi connectivity index (χ0v) is 14.7. The molecule has 1 saturated heterocycles. The van der Waals surface area contributed by atoms with Gasteiger partial charge in [-0.25, -0.2) is 4.79 Å². The van der Waals surface area contributed by atoms with Crippen molar-refractivity contribution in [1.29, 1.82) is 0 Å². The molecular weight excluding hydrogens is 304 g/mol. The number of ether oxygens (including phenoxy) is 1. The lowest BCUT2D eigenvalue weighted by Crippen LogP contribution is -2.68. The summed E-state index contributed by atoms with van der Waals surface area (Å²) in [5, 5.41) is 16.3. The molecule has 1 heterocycles. The molecule has 0 radical (unpaired) electrons. The number of fused-ring (bicyclic) bond motifs is 1. The SMILES string of the molecule is CC(CC(O)c1ccccc1)NC(=O)NC1C2CCOC2C1(C)C. The van der Waals surface area contributed by atoms with E-state index in [9.17, 15) is 9.90 Å². The molecule has 1 aliphatic carbocycles. The third kappa shape index (κ3) is 3.28. The monoisotopic (exact) mass is 332 g/mol. The number of carbonyl (C=O) groups is 1. The van der Waals surface area contributed by atoms with E-state index in [0.717, 1.165) is 18.6 Å². The van der Waals surface area contributed by atoms with E-state index in [-0.39, 0.29) is 29.6 Å². The quantitative estimate of drug-likeness (QED) is 0.776. The minimum atomic E-state index is -0.575. The van der Waals surface area contributed by atoms with Gasteiger partial charge in [0.15, 0.2) is 0 Å². The summed E-state index contributed by atoms with van der Waals surface area (Å²) in [6.07, 6.45) is 1.19. The predicted molar refractivity (Wildman–Crippen MR) is 92.6 cm³/mol. The van der Waals surface area contributed by atoms with Gasteiger partial charge in [0.05, 0.1) is 12.2 Å². The Morgan fingerprint density at radius 1 is 1.38 bits per heavy atom. The Bertz CT molecular complexity index is 575. The maximum absolute atomic E-state index is 12.3. The lowest BCUT2D eigenvalue weighted by molar-refractivity contribution is -0.108. The van der Waals surface area contributed by atoms with E-state index >= 15 is 0 Å². The van der Waals surface area contributed by atoms with Crippen LogP contribution in [0.4, 0.5) is 4.79 Å². The van der Waals surface area contributed by atoms with E-state index in [2.05, 4.69) is 24.5 Å². The molecule has 0 spiro atoms. The van der Waals surface area contributed by atoms with Gasteiger partial charge in [0, 0.05) is 30.0 Å². The highest BCUT2D eigenvalue weighted by atomic mass is 16.5. The van der Waals surface area contributed by atoms with Crippen LogP contribution >= 0.6 is 0 Å². The molecule has 5 unspecified atom stereocenters. The molecule has 0 aromatic heterocycles. The van der Waals surface area contributed by atoms with E-state index in [1.54, 1.807) is 0 Å². The number of amides is 2. The number of urea groups is 1. The number of benzene rings is 1. The second-order valence-corrected chi connectivity index (χ2v) is 7.72. The first-order chi connectivity index (χ1) is 11.4. The van der Waals surface area contributed by atoms with Gasteiger partial charge >= 0.3 is 6.03 Å². The standard InChI is InChI=1S/C19H28N2O3/c1-12(11-15(22)13-7-5-4-6-8-13)20-18(23)21-16-14-9-10-24-17(14)19(16,2)3/h4-8,12,14-17,22H,9-11H2,1-3H3,(H2,20,21,23). The van der Waals surface area contributed by atoms with Gasteiger partial charge < -0.3 is 20.5 Å². The molecular formula is C19H28N2O3. The molecule has 5 heteroatoms. The minimum Gasteiger partial charge on any atom is -0.388 e. The van der Waals surface area contributed by atoms with Crippen LogP contribution < -0.4 is 10.6 Å². The van der Waals surface area contributed by atoms with E-state index < -0.39 is 6.10 Å². The normalized spacial score (nSPS) is 29.9. The van der Waals surface area contributed by atoms with Crippen molar-refractivity contribution in [2.75, 3.05) is 6.61 Å². The molecule has 24 heavy (non-hydrogen) atoms. The predicted octanol–water partition coefficient (Wildman–Crippen LogP) is 2.61. The topological polar surface area (TPSA) is 70.6 Å². The van der Waals surface area contributed by atoms with Crippen molar-refractivity contribution in [3.8, 4) is 0 Å². The van der Waals surface area contributed by atoms with Crippen molar-refractivity contribution in [2.45, 2.75) is 57.9 Å². The maximum atomic E-state index is 12.3. The lowest BCUT2D eigenvalue weighted by Gasteiger charge is -2.54. The molecule has 3 rings (SSSR count). The minimum absolute atomic E-state index is 0.0225. The van der Waals surface area contributed by atoms with Crippen LogP contribution in [0.1, 0.15) is 45.3 Å². The summed E-state index contributed by atoms with van der Waals surface area (Å²) in [7, 11) is 0. The second kappa shape index (κ2) is 6.73. The average molecular weight is 332 g/mol. The van der Waals surface area contributed by atoms with Gasteiger partial charge in [-0.2, -0.15) is 0 Å². The van der Waals surface area contributed by atoms with Crippen LogP contribution in [0.25, 0.3) is 0 Å². The molecule has 3 N–H and O–H groups in total. The number of aliphatic hydroxyl groups excluding tert-OH is 1. The van der Waals surface area contributed by atoms with Gasteiger partial charge in [-0.15, -0.1) is 0 Å². The van der Waals surface area contributed by atoms with E-state index in [1.165, 1.54) is 0 Å². The molecule has 2 fully saturated rings. The first-order valence-corrected chi connectivity index (χ1v) is 8.81. The van der Waals surface area contributed by atoms with Gasteiger partial charge in [0.1, 0.15) is 0 Å². The van der Waals surface area contributed by atoms with Gasteiger partial charge in [-0.05, 0) is 25.3 Å². The first-order valence-electron chi connectivity index (χ1n) is 8.81. The van der Waals surface area contributed by atoms with E-state index in [4.69, 9.17) is 4.74 Å². The van der Waals surface area contributed by atoms with Crippen LogP contribution in [0.2, 0.25) is 0 Å². The van der Waals surface area contributed by atoms with Crippen LogP contribution in [0.3, 0.4) is 0 Å². The van der Waals surface area contributed by atoms with Gasteiger partial charge in [-0.1, -0.05) is 44.2 Å². The van der Waals surface area contributed by atoms with Crippen molar-refractivity contribution in [2.24, 2.45) is 11.3 Å². The summed E-state index contributed by atoms with van der Waals surface area (Å²) < 4.78 is 5.76. The fourth-order valence-corrected chi connectivity index (χ4v) is 4.23. The highest BCUT2D eigenvalue weighted by molar-refractivity contribution is 5.75. The summed E-state index contributed by atoms with van der Waals surface area (Å²) in [5.41, 5.74) is 0.850. The Morgan fingerprint density at radius 3 is 2.79 bits per heavy atom. The molecule has 132 valence electrons. The maximum Gasteiger partial charge on any atom is 0.315 e. The Labute approximate surface area is 143 Å². The molecule has 1 aliphatic heterocycles. The third-order valence-electron chi connectivity index (χ3n) is 5.53. The fourth-order valence-electron chi connectivity index (χ4n) is 4.23. The summed E-state index contributed by atoms with van der Waals surface area (Å²) in [6, 6.07) is 9.40. The van der Waals surface area contributed by atoms with Crippen molar-refractivity contribution in [3.63, 3.8) is 0 Å². The zero-order valence-electron chi connectivity index (χ0n) is 14.7. The van der Waals surface area contributed by atoms with Crippen LogP contribution in [0.15, 0.2) is 30.3 Å². The summed E-state index contributed by atoms with van der Waals surface area (Å²) in [5.74, 6) is 0.427.